The lowest BCUT2D eigenvalue weighted by Gasteiger charge is -2.23. The van der Waals surface area contributed by atoms with Crippen LogP contribution in [-0.2, 0) is 6.54 Å². The van der Waals surface area contributed by atoms with E-state index in [-0.39, 0.29) is 17.9 Å². The van der Waals surface area contributed by atoms with Gasteiger partial charge in [0.2, 0.25) is 0 Å². The molecule has 1 aromatic carbocycles. The molecule has 3 N–H and O–H groups in total. The molecule has 0 bridgehead atoms. The molecule has 3 heteroatoms. The molecule has 0 radical (unpaired) electrons. The maximum atomic E-state index is 13.4. The standard InChI is InChI=1S/C13H21FN2/c1-3-12(15)13(4-2)16-9-10-7-5-6-8-11(10)14/h5-8,12-13,16H,3-4,9,15H2,1-2H3. The second-order valence-corrected chi connectivity index (χ2v) is 4.06. The second-order valence-electron chi connectivity index (χ2n) is 4.06. The van der Waals surface area contributed by atoms with E-state index in [1.54, 1.807) is 12.1 Å². The summed E-state index contributed by atoms with van der Waals surface area (Å²) in [5, 5.41) is 3.31. The number of rotatable bonds is 6. The van der Waals surface area contributed by atoms with Crippen molar-refractivity contribution in [2.75, 3.05) is 0 Å². The lowest BCUT2D eigenvalue weighted by molar-refractivity contribution is 0.404. The van der Waals surface area contributed by atoms with E-state index in [4.69, 9.17) is 5.73 Å². The molecular weight excluding hydrogens is 203 g/mol. The van der Waals surface area contributed by atoms with Gasteiger partial charge >= 0.3 is 0 Å². The average Bonchev–Trinajstić information content (AvgIpc) is 2.31. The first-order valence-corrected chi connectivity index (χ1v) is 5.91. The molecule has 1 aromatic rings. The minimum absolute atomic E-state index is 0.136. The molecule has 0 saturated heterocycles. The Morgan fingerprint density at radius 2 is 1.94 bits per heavy atom. The van der Waals surface area contributed by atoms with Crippen LogP contribution in [0.15, 0.2) is 24.3 Å². The van der Waals surface area contributed by atoms with Gasteiger partial charge in [-0.15, -0.1) is 0 Å². The quantitative estimate of drug-likeness (QED) is 0.779. The highest BCUT2D eigenvalue weighted by Crippen LogP contribution is 2.07. The Labute approximate surface area is 97.0 Å². The number of hydrogen-bond acceptors (Lipinski definition) is 2. The largest absolute Gasteiger partial charge is 0.326 e. The molecule has 0 aliphatic heterocycles. The first-order valence-electron chi connectivity index (χ1n) is 5.91. The minimum atomic E-state index is -0.157. The van der Waals surface area contributed by atoms with Crippen molar-refractivity contribution >= 4 is 0 Å². The summed E-state index contributed by atoms with van der Waals surface area (Å²) in [6.45, 7) is 4.70. The number of nitrogens with one attached hydrogen (secondary N) is 1. The fourth-order valence-electron chi connectivity index (χ4n) is 1.77. The van der Waals surface area contributed by atoms with Crippen LogP contribution in [0.5, 0.6) is 0 Å². The molecule has 0 aliphatic carbocycles. The van der Waals surface area contributed by atoms with Crippen molar-refractivity contribution in [2.45, 2.75) is 45.3 Å². The zero-order valence-electron chi connectivity index (χ0n) is 10.0. The predicted molar refractivity (Wildman–Crippen MR) is 65.6 cm³/mol. The van der Waals surface area contributed by atoms with Gasteiger partial charge in [0, 0.05) is 24.2 Å². The maximum absolute atomic E-state index is 13.4. The first-order chi connectivity index (χ1) is 7.69. The van der Waals surface area contributed by atoms with Crippen LogP contribution in [0.1, 0.15) is 32.3 Å². The highest BCUT2D eigenvalue weighted by atomic mass is 19.1. The zero-order valence-corrected chi connectivity index (χ0v) is 10.0. The van der Waals surface area contributed by atoms with Crippen molar-refractivity contribution in [3.63, 3.8) is 0 Å². The maximum Gasteiger partial charge on any atom is 0.127 e. The van der Waals surface area contributed by atoms with E-state index in [0.29, 0.717) is 12.1 Å². The van der Waals surface area contributed by atoms with Crippen molar-refractivity contribution in [1.29, 1.82) is 0 Å². The van der Waals surface area contributed by atoms with E-state index in [1.807, 2.05) is 6.07 Å². The van der Waals surface area contributed by atoms with Gasteiger partial charge in [-0.25, -0.2) is 4.39 Å². The highest BCUT2D eigenvalue weighted by molar-refractivity contribution is 5.17. The molecule has 0 fully saturated rings. The Morgan fingerprint density at radius 3 is 2.50 bits per heavy atom. The second kappa shape index (κ2) is 6.61. The van der Waals surface area contributed by atoms with E-state index < -0.39 is 0 Å². The van der Waals surface area contributed by atoms with Crippen molar-refractivity contribution < 1.29 is 4.39 Å². The van der Waals surface area contributed by atoms with Gasteiger partial charge in [0.15, 0.2) is 0 Å². The molecule has 2 unspecified atom stereocenters. The minimum Gasteiger partial charge on any atom is -0.326 e. The van der Waals surface area contributed by atoms with Crippen LogP contribution in [0.3, 0.4) is 0 Å². The van der Waals surface area contributed by atoms with Gasteiger partial charge < -0.3 is 11.1 Å². The Bertz CT molecular complexity index is 315. The number of benzene rings is 1. The molecule has 0 aromatic heterocycles. The smallest absolute Gasteiger partial charge is 0.127 e. The van der Waals surface area contributed by atoms with Gasteiger partial charge in [-0.05, 0) is 18.9 Å². The molecule has 0 spiro atoms. The van der Waals surface area contributed by atoms with Crippen LogP contribution in [0.25, 0.3) is 0 Å². The van der Waals surface area contributed by atoms with Crippen LogP contribution in [0.4, 0.5) is 4.39 Å². The van der Waals surface area contributed by atoms with Gasteiger partial charge in [-0.1, -0.05) is 32.0 Å². The van der Waals surface area contributed by atoms with Crippen LogP contribution in [0.2, 0.25) is 0 Å². The Hall–Kier alpha value is -0.930. The molecule has 0 saturated carbocycles. The van der Waals surface area contributed by atoms with Crippen LogP contribution in [-0.4, -0.2) is 12.1 Å². The van der Waals surface area contributed by atoms with Gasteiger partial charge in [0.05, 0.1) is 0 Å². The van der Waals surface area contributed by atoms with Crippen molar-refractivity contribution in [1.82, 2.24) is 5.32 Å². The van der Waals surface area contributed by atoms with Crippen LogP contribution >= 0.6 is 0 Å². The summed E-state index contributed by atoms with van der Waals surface area (Å²) < 4.78 is 13.4. The molecule has 1 rings (SSSR count). The summed E-state index contributed by atoms with van der Waals surface area (Å²) in [5.41, 5.74) is 6.67. The average molecular weight is 224 g/mol. The fourth-order valence-corrected chi connectivity index (χ4v) is 1.77. The van der Waals surface area contributed by atoms with Crippen LogP contribution in [0, 0.1) is 5.82 Å². The predicted octanol–water partition coefficient (Wildman–Crippen LogP) is 2.43. The van der Waals surface area contributed by atoms with Gasteiger partial charge in [-0.2, -0.15) is 0 Å². The molecular formula is C13H21FN2. The summed E-state index contributed by atoms with van der Waals surface area (Å²) in [5.74, 6) is -0.157. The number of halogens is 1. The lowest BCUT2D eigenvalue weighted by Crippen LogP contribution is -2.44. The summed E-state index contributed by atoms with van der Waals surface area (Å²) in [6, 6.07) is 7.22. The van der Waals surface area contributed by atoms with E-state index in [1.165, 1.54) is 6.07 Å². The third kappa shape index (κ3) is 3.58. The summed E-state index contributed by atoms with van der Waals surface area (Å²) in [4.78, 5) is 0. The monoisotopic (exact) mass is 224 g/mol. The van der Waals surface area contributed by atoms with E-state index in [0.717, 1.165) is 12.8 Å². The zero-order chi connectivity index (χ0) is 12.0. The van der Waals surface area contributed by atoms with Gasteiger partial charge in [-0.3, -0.25) is 0 Å². The Kier molecular flexibility index (Phi) is 5.43. The fraction of sp³-hybridized carbons (Fsp3) is 0.538. The van der Waals surface area contributed by atoms with E-state index in [9.17, 15) is 4.39 Å². The SMILES string of the molecule is CCC(N)C(CC)NCc1ccccc1F. The number of hydrogen-bond donors (Lipinski definition) is 2. The van der Waals surface area contributed by atoms with E-state index >= 15 is 0 Å². The number of nitrogens with two attached hydrogens (primary N) is 1. The Balaban J connectivity index is 2.53. The normalized spacial score (nSPS) is 14.8. The van der Waals surface area contributed by atoms with Crippen molar-refractivity contribution in [2.24, 2.45) is 5.73 Å². The molecule has 0 aliphatic rings. The van der Waals surface area contributed by atoms with E-state index in [2.05, 4.69) is 19.2 Å². The van der Waals surface area contributed by atoms with Gasteiger partial charge in [0.1, 0.15) is 5.82 Å². The molecule has 16 heavy (non-hydrogen) atoms. The van der Waals surface area contributed by atoms with Crippen LogP contribution < -0.4 is 11.1 Å². The molecule has 0 amide bonds. The summed E-state index contributed by atoms with van der Waals surface area (Å²) in [6.07, 6.45) is 1.90. The molecule has 2 nitrogen and oxygen atoms in total. The highest BCUT2D eigenvalue weighted by Gasteiger charge is 2.13. The lowest BCUT2D eigenvalue weighted by atomic mass is 10.0. The molecule has 0 heterocycles. The first kappa shape index (κ1) is 13.1. The summed E-state index contributed by atoms with van der Waals surface area (Å²) >= 11 is 0. The topological polar surface area (TPSA) is 38.0 Å². The Morgan fingerprint density at radius 1 is 1.25 bits per heavy atom. The molecule has 2 atom stereocenters. The third-order valence-corrected chi connectivity index (χ3v) is 2.94. The third-order valence-electron chi connectivity index (χ3n) is 2.94. The van der Waals surface area contributed by atoms with Crippen molar-refractivity contribution in [3.05, 3.63) is 35.6 Å². The van der Waals surface area contributed by atoms with Gasteiger partial charge in [0.25, 0.3) is 0 Å². The molecule has 90 valence electrons. The summed E-state index contributed by atoms with van der Waals surface area (Å²) in [7, 11) is 0. The van der Waals surface area contributed by atoms with Crippen molar-refractivity contribution in [3.8, 4) is 0 Å².